The molecule has 11 heteroatoms. The molecule has 0 amide bonds. The van der Waals surface area contributed by atoms with Gasteiger partial charge in [0.15, 0.2) is 11.5 Å². The van der Waals surface area contributed by atoms with Gasteiger partial charge < -0.3 is 34.7 Å². The Bertz CT molecular complexity index is 1060. The summed E-state index contributed by atoms with van der Waals surface area (Å²) in [6.07, 6.45) is 1.84. The summed E-state index contributed by atoms with van der Waals surface area (Å²) in [7, 11) is 4.98. The first-order valence-corrected chi connectivity index (χ1v) is 9.88. The third-order valence-corrected chi connectivity index (χ3v) is 4.83. The maximum Gasteiger partial charge on any atom is 0.414 e. The SMILES string of the molecule is COc1cc(CNc2ncc(-c3ccc(Br)cc3)n2C)cc(OC)c1O.O=C(O)C(=O)O. The van der Waals surface area contributed by atoms with Crippen LogP contribution in [0, 0.1) is 0 Å². The summed E-state index contributed by atoms with van der Waals surface area (Å²) < 4.78 is 13.4. The van der Waals surface area contributed by atoms with E-state index in [4.69, 9.17) is 29.3 Å². The molecule has 1 heterocycles. The number of carboxylic acids is 2. The van der Waals surface area contributed by atoms with Gasteiger partial charge in [0.05, 0.1) is 26.1 Å². The summed E-state index contributed by atoms with van der Waals surface area (Å²) in [6, 6.07) is 11.6. The van der Waals surface area contributed by atoms with Gasteiger partial charge >= 0.3 is 11.9 Å². The lowest BCUT2D eigenvalue weighted by molar-refractivity contribution is -0.159. The Hall–Kier alpha value is -3.73. The van der Waals surface area contributed by atoms with Crippen LogP contribution in [0.25, 0.3) is 11.3 Å². The predicted octanol–water partition coefficient (Wildman–Crippen LogP) is 3.34. The number of rotatable bonds is 6. The average molecular weight is 508 g/mol. The molecule has 4 N–H and O–H groups in total. The number of aromatic hydroxyl groups is 1. The molecule has 10 nitrogen and oxygen atoms in total. The summed E-state index contributed by atoms with van der Waals surface area (Å²) in [6.45, 7) is 0.512. The fourth-order valence-corrected chi connectivity index (χ4v) is 2.96. The quantitative estimate of drug-likeness (QED) is 0.369. The Kier molecular flexibility index (Phi) is 8.47. The number of nitrogens with one attached hydrogen (secondary N) is 1. The van der Waals surface area contributed by atoms with E-state index >= 15 is 0 Å². The molecule has 0 saturated heterocycles. The highest BCUT2D eigenvalue weighted by Gasteiger charge is 2.13. The van der Waals surface area contributed by atoms with Crippen LogP contribution in [-0.4, -0.2) is 51.0 Å². The number of nitrogens with zero attached hydrogens (tertiary/aromatic N) is 2. The fraction of sp³-hybridized carbons (Fsp3) is 0.190. The van der Waals surface area contributed by atoms with E-state index < -0.39 is 11.9 Å². The Morgan fingerprint density at radius 1 is 1.06 bits per heavy atom. The van der Waals surface area contributed by atoms with Crippen LogP contribution >= 0.6 is 15.9 Å². The molecule has 0 aliphatic rings. The van der Waals surface area contributed by atoms with Gasteiger partial charge in [0.25, 0.3) is 0 Å². The van der Waals surface area contributed by atoms with Crippen LogP contribution in [-0.2, 0) is 23.2 Å². The van der Waals surface area contributed by atoms with Crippen molar-refractivity contribution in [2.75, 3.05) is 19.5 Å². The average Bonchev–Trinajstić information content (AvgIpc) is 3.14. The zero-order chi connectivity index (χ0) is 23.8. The number of hydrogen-bond acceptors (Lipinski definition) is 7. The van der Waals surface area contributed by atoms with Gasteiger partial charge in [-0.1, -0.05) is 28.1 Å². The number of anilines is 1. The van der Waals surface area contributed by atoms with E-state index in [0.717, 1.165) is 27.2 Å². The number of aliphatic carboxylic acids is 2. The van der Waals surface area contributed by atoms with E-state index in [2.05, 4.69) is 26.2 Å². The fourth-order valence-electron chi connectivity index (χ4n) is 2.69. The van der Waals surface area contributed by atoms with Gasteiger partial charge in [-0.25, -0.2) is 14.6 Å². The molecule has 0 atom stereocenters. The number of aromatic nitrogens is 2. The molecule has 0 aliphatic heterocycles. The van der Waals surface area contributed by atoms with Crippen LogP contribution < -0.4 is 14.8 Å². The Labute approximate surface area is 192 Å². The summed E-state index contributed by atoms with van der Waals surface area (Å²) in [4.78, 5) is 22.7. The minimum Gasteiger partial charge on any atom is -0.502 e. The number of phenolic OH excluding ortho intramolecular Hbond substituents is 1. The third kappa shape index (κ3) is 6.14. The van der Waals surface area contributed by atoms with E-state index in [-0.39, 0.29) is 5.75 Å². The number of carbonyl (C=O) groups is 2. The van der Waals surface area contributed by atoms with Crippen molar-refractivity contribution >= 4 is 33.8 Å². The predicted molar refractivity (Wildman–Crippen MR) is 120 cm³/mol. The van der Waals surface area contributed by atoms with Gasteiger partial charge in [0.2, 0.25) is 11.7 Å². The highest BCUT2D eigenvalue weighted by molar-refractivity contribution is 9.10. The van der Waals surface area contributed by atoms with Gasteiger partial charge in [0, 0.05) is 18.1 Å². The lowest BCUT2D eigenvalue weighted by Gasteiger charge is -2.12. The first-order chi connectivity index (χ1) is 15.2. The second-order valence-corrected chi connectivity index (χ2v) is 7.26. The van der Waals surface area contributed by atoms with Crippen LogP contribution in [0.4, 0.5) is 5.95 Å². The van der Waals surface area contributed by atoms with Crippen LogP contribution in [0.1, 0.15) is 5.56 Å². The molecular formula is C21H22BrN3O7. The molecule has 32 heavy (non-hydrogen) atoms. The first kappa shape index (κ1) is 24.5. The number of hydrogen-bond donors (Lipinski definition) is 4. The molecule has 1 aromatic heterocycles. The van der Waals surface area contributed by atoms with Crippen LogP contribution in [0.15, 0.2) is 47.1 Å². The lowest BCUT2D eigenvalue weighted by Crippen LogP contribution is -2.09. The first-order valence-electron chi connectivity index (χ1n) is 9.09. The number of imidazole rings is 1. The van der Waals surface area contributed by atoms with Crippen molar-refractivity contribution in [2.45, 2.75) is 6.54 Å². The maximum atomic E-state index is 10.0. The van der Waals surface area contributed by atoms with E-state index in [1.165, 1.54) is 14.2 Å². The van der Waals surface area contributed by atoms with Gasteiger partial charge in [-0.05, 0) is 35.4 Å². The Balaban J connectivity index is 0.000000534. The van der Waals surface area contributed by atoms with Crippen molar-refractivity contribution in [3.63, 3.8) is 0 Å². The molecule has 0 radical (unpaired) electrons. The molecule has 2 aromatic carbocycles. The highest BCUT2D eigenvalue weighted by Crippen LogP contribution is 2.37. The van der Waals surface area contributed by atoms with Gasteiger partial charge in [-0.15, -0.1) is 0 Å². The van der Waals surface area contributed by atoms with Gasteiger partial charge in [-0.2, -0.15) is 0 Å². The topological polar surface area (TPSA) is 143 Å². The van der Waals surface area contributed by atoms with E-state index in [9.17, 15) is 5.11 Å². The number of carboxylic acid groups (broad SMARTS) is 2. The number of phenols is 1. The standard InChI is InChI=1S/C19H20BrN3O3.C2H2O4/c1-23-15(13-4-6-14(20)7-5-13)11-22-19(23)21-10-12-8-16(25-2)18(24)17(9-12)26-3;3-1(4)2(5)6/h4-9,11,24H,10H2,1-3H3,(H,21,22);(H,3,4)(H,5,6). The zero-order valence-electron chi connectivity index (χ0n) is 17.5. The second-order valence-electron chi connectivity index (χ2n) is 6.35. The normalized spacial score (nSPS) is 10.0. The largest absolute Gasteiger partial charge is 0.502 e. The van der Waals surface area contributed by atoms with E-state index in [1.807, 2.05) is 42.1 Å². The molecule has 0 aliphatic carbocycles. The van der Waals surface area contributed by atoms with Crippen molar-refractivity contribution in [2.24, 2.45) is 7.05 Å². The number of ether oxygens (including phenoxy) is 2. The Morgan fingerprint density at radius 2 is 1.59 bits per heavy atom. The monoisotopic (exact) mass is 507 g/mol. The number of benzene rings is 2. The number of halogens is 1. The second kappa shape index (κ2) is 11.0. The molecule has 0 saturated carbocycles. The number of methoxy groups -OCH3 is 2. The smallest absolute Gasteiger partial charge is 0.414 e. The maximum absolute atomic E-state index is 10.0. The molecule has 170 valence electrons. The van der Waals surface area contributed by atoms with Gasteiger partial charge in [-0.3, -0.25) is 0 Å². The van der Waals surface area contributed by atoms with Crippen molar-refractivity contribution in [1.29, 1.82) is 0 Å². The Morgan fingerprint density at radius 3 is 2.06 bits per heavy atom. The van der Waals surface area contributed by atoms with Gasteiger partial charge in [0.1, 0.15) is 0 Å². The van der Waals surface area contributed by atoms with Crippen molar-refractivity contribution < 1.29 is 34.4 Å². The minimum absolute atomic E-state index is 0.00623. The molecular weight excluding hydrogens is 486 g/mol. The molecule has 0 unspecified atom stereocenters. The lowest BCUT2D eigenvalue weighted by atomic mass is 10.2. The zero-order valence-corrected chi connectivity index (χ0v) is 19.1. The summed E-state index contributed by atoms with van der Waals surface area (Å²) in [5.74, 6) is -2.17. The van der Waals surface area contributed by atoms with E-state index in [0.29, 0.717) is 18.0 Å². The van der Waals surface area contributed by atoms with Crippen molar-refractivity contribution in [3.05, 3.63) is 52.6 Å². The summed E-state index contributed by atoms with van der Waals surface area (Å²) >= 11 is 3.45. The third-order valence-electron chi connectivity index (χ3n) is 4.30. The van der Waals surface area contributed by atoms with Crippen molar-refractivity contribution in [3.8, 4) is 28.5 Å². The summed E-state index contributed by atoms with van der Waals surface area (Å²) in [5, 5.41) is 28.1. The molecule has 3 rings (SSSR count). The minimum atomic E-state index is -1.82. The molecule has 0 bridgehead atoms. The highest BCUT2D eigenvalue weighted by atomic mass is 79.9. The summed E-state index contributed by atoms with van der Waals surface area (Å²) in [5.41, 5.74) is 3.01. The van der Waals surface area contributed by atoms with Crippen molar-refractivity contribution in [1.82, 2.24) is 9.55 Å². The molecule has 0 fully saturated rings. The van der Waals surface area contributed by atoms with E-state index in [1.54, 1.807) is 12.1 Å². The molecule has 0 spiro atoms. The molecule has 3 aromatic rings. The van der Waals surface area contributed by atoms with Crippen LogP contribution in [0.5, 0.6) is 17.2 Å². The van der Waals surface area contributed by atoms with Crippen LogP contribution in [0.3, 0.4) is 0 Å². The van der Waals surface area contributed by atoms with Crippen LogP contribution in [0.2, 0.25) is 0 Å².